The predicted molar refractivity (Wildman–Crippen MR) is 96.9 cm³/mol. The molecule has 0 aliphatic heterocycles. The van der Waals surface area contributed by atoms with Crippen molar-refractivity contribution in [3.8, 4) is 0 Å². The number of esters is 1. The first-order chi connectivity index (χ1) is 12.6. The van der Waals surface area contributed by atoms with E-state index in [1.807, 2.05) is 30.3 Å². The Morgan fingerprint density at radius 1 is 1.27 bits per heavy atom. The van der Waals surface area contributed by atoms with Crippen molar-refractivity contribution in [3.05, 3.63) is 35.9 Å². The largest absolute Gasteiger partial charge is 0.555 e. The van der Waals surface area contributed by atoms with E-state index >= 15 is 0 Å². The standard InChI is InChI=1S/C18H24BN2O5/c1-2-24-17(22)14-8-9-16(15(10-14)19-26-12-20)21-18(23)25-11-13-6-4-3-5-7-13/h3-7,12,14-16,20H,2,8-11H2,1H3,(H,21,23)/t14-,15+,16-/m0/s1. The molecular weight excluding hydrogens is 335 g/mol. The number of nitrogens with one attached hydrogen (secondary N) is 2. The number of benzene rings is 1. The van der Waals surface area contributed by atoms with Crippen LogP contribution in [-0.4, -0.2) is 38.6 Å². The molecule has 1 aliphatic rings. The molecule has 2 N–H and O–H groups in total. The first-order valence-electron chi connectivity index (χ1n) is 8.75. The van der Waals surface area contributed by atoms with Crippen molar-refractivity contribution >= 4 is 25.9 Å². The predicted octanol–water partition coefficient (Wildman–Crippen LogP) is 2.68. The van der Waals surface area contributed by atoms with Crippen LogP contribution in [0.1, 0.15) is 31.7 Å². The Bertz CT molecular complexity index is 599. The Labute approximate surface area is 154 Å². The summed E-state index contributed by atoms with van der Waals surface area (Å²) in [5, 5.41) is 9.85. The van der Waals surface area contributed by atoms with Crippen LogP contribution in [0.25, 0.3) is 0 Å². The molecule has 0 heterocycles. The van der Waals surface area contributed by atoms with Crippen molar-refractivity contribution in [2.45, 2.75) is 44.7 Å². The zero-order valence-corrected chi connectivity index (χ0v) is 14.9. The summed E-state index contributed by atoms with van der Waals surface area (Å²) >= 11 is 0. The maximum atomic E-state index is 12.1. The quantitative estimate of drug-likeness (QED) is 0.322. The normalized spacial score (nSPS) is 22.0. The number of carbonyl (C=O) groups is 2. The lowest BCUT2D eigenvalue weighted by molar-refractivity contribution is -0.149. The lowest BCUT2D eigenvalue weighted by Crippen LogP contribution is -2.44. The number of carbonyl (C=O) groups excluding carboxylic acids is 2. The smallest absolute Gasteiger partial charge is 0.407 e. The Hall–Kier alpha value is -2.51. The molecule has 7 nitrogen and oxygen atoms in total. The summed E-state index contributed by atoms with van der Waals surface area (Å²) in [5.74, 6) is -0.668. The summed E-state index contributed by atoms with van der Waals surface area (Å²) in [5.41, 5.74) is 0.906. The summed E-state index contributed by atoms with van der Waals surface area (Å²) in [4.78, 5) is 24.1. The minimum absolute atomic E-state index is 0.191. The van der Waals surface area contributed by atoms with Crippen molar-refractivity contribution in [2.24, 2.45) is 5.92 Å². The Morgan fingerprint density at radius 2 is 2.04 bits per heavy atom. The second kappa shape index (κ2) is 10.5. The average molecular weight is 359 g/mol. The van der Waals surface area contributed by atoms with E-state index in [4.69, 9.17) is 19.5 Å². The van der Waals surface area contributed by atoms with Crippen molar-refractivity contribution in [3.63, 3.8) is 0 Å². The van der Waals surface area contributed by atoms with Gasteiger partial charge in [0.2, 0.25) is 0 Å². The third-order valence-electron chi connectivity index (χ3n) is 4.36. The van der Waals surface area contributed by atoms with E-state index in [-0.39, 0.29) is 30.4 Å². The van der Waals surface area contributed by atoms with Gasteiger partial charge in [0.1, 0.15) is 13.0 Å². The van der Waals surface area contributed by atoms with E-state index in [1.165, 1.54) is 7.48 Å². The number of hydrogen-bond acceptors (Lipinski definition) is 6. The Kier molecular flexibility index (Phi) is 7.99. The molecule has 1 amide bonds. The lowest BCUT2D eigenvalue weighted by Gasteiger charge is -2.34. The number of rotatable bonds is 8. The molecule has 0 bridgehead atoms. The van der Waals surface area contributed by atoms with Crippen molar-refractivity contribution in [2.75, 3.05) is 6.61 Å². The van der Waals surface area contributed by atoms with Gasteiger partial charge in [0, 0.05) is 6.04 Å². The van der Waals surface area contributed by atoms with Crippen LogP contribution in [0.2, 0.25) is 5.82 Å². The van der Waals surface area contributed by atoms with Gasteiger partial charge in [0.25, 0.3) is 0 Å². The van der Waals surface area contributed by atoms with E-state index in [9.17, 15) is 9.59 Å². The summed E-state index contributed by atoms with van der Waals surface area (Å²) < 4.78 is 15.3. The second-order valence-electron chi connectivity index (χ2n) is 6.13. The number of amides is 1. The first kappa shape index (κ1) is 19.8. The summed E-state index contributed by atoms with van der Waals surface area (Å²) in [7, 11) is 1.49. The molecule has 1 radical (unpaired) electrons. The molecule has 0 aromatic heterocycles. The Balaban J connectivity index is 1.87. The van der Waals surface area contributed by atoms with Crippen molar-refractivity contribution < 1.29 is 23.7 Å². The van der Waals surface area contributed by atoms with Gasteiger partial charge in [-0.05, 0) is 37.6 Å². The molecule has 3 atom stereocenters. The topological polar surface area (TPSA) is 97.7 Å². The zero-order chi connectivity index (χ0) is 18.8. The van der Waals surface area contributed by atoms with E-state index in [1.54, 1.807) is 6.92 Å². The van der Waals surface area contributed by atoms with Gasteiger partial charge in [0.15, 0.2) is 0 Å². The lowest BCUT2D eigenvalue weighted by atomic mass is 9.64. The molecule has 1 aliphatic carbocycles. The maximum Gasteiger partial charge on any atom is 0.407 e. The molecule has 0 unspecified atom stereocenters. The highest BCUT2D eigenvalue weighted by atomic mass is 16.5. The van der Waals surface area contributed by atoms with Gasteiger partial charge in [0.05, 0.1) is 12.5 Å². The third-order valence-corrected chi connectivity index (χ3v) is 4.36. The molecule has 1 aromatic rings. The van der Waals surface area contributed by atoms with E-state index in [2.05, 4.69) is 5.32 Å². The molecule has 8 heteroatoms. The van der Waals surface area contributed by atoms with Crippen LogP contribution in [0.5, 0.6) is 0 Å². The van der Waals surface area contributed by atoms with Crippen LogP contribution < -0.4 is 5.32 Å². The van der Waals surface area contributed by atoms with E-state index in [0.717, 1.165) is 12.0 Å². The van der Waals surface area contributed by atoms with E-state index in [0.29, 0.717) is 25.9 Å². The molecule has 0 spiro atoms. The van der Waals surface area contributed by atoms with Crippen LogP contribution in [-0.2, 0) is 25.5 Å². The van der Waals surface area contributed by atoms with Crippen molar-refractivity contribution in [1.29, 1.82) is 5.41 Å². The first-order valence-corrected chi connectivity index (χ1v) is 8.75. The number of ether oxygens (including phenoxy) is 2. The van der Waals surface area contributed by atoms with Gasteiger partial charge in [-0.3, -0.25) is 10.2 Å². The SMILES string of the molecule is CCOC(=O)[C@H]1CC[C@H](NC(=O)OCc2ccccc2)[C@H]([B]OC=N)C1. The highest BCUT2D eigenvalue weighted by Gasteiger charge is 2.37. The molecule has 1 saturated carbocycles. The molecule has 0 saturated heterocycles. The fourth-order valence-corrected chi connectivity index (χ4v) is 3.07. The minimum Gasteiger partial charge on any atom is -0.555 e. The van der Waals surface area contributed by atoms with Gasteiger partial charge in [-0.15, -0.1) is 0 Å². The maximum absolute atomic E-state index is 12.1. The molecule has 1 fully saturated rings. The highest BCUT2D eigenvalue weighted by molar-refractivity contribution is 6.32. The summed E-state index contributed by atoms with van der Waals surface area (Å²) in [6, 6.07) is 9.21. The highest BCUT2D eigenvalue weighted by Crippen LogP contribution is 2.34. The second-order valence-corrected chi connectivity index (χ2v) is 6.13. The zero-order valence-electron chi connectivity index (χ0n) is 14.9. The summed E-state index contributed by atoms with van der Waals surface area (Å²) in [6.07, 6.45) is 2.03. The number of alkyl carbamates (subject to hydrolysis) is 1. The fourth-order valence-electron chi connectivity index (χ4n) is 3.07. The van der Waals surface area contributed by atoms with Crippen LogP contribution in [0.15, 0.2) is 30.3 Å². The molecular formula is C18H24BN2O5. The van der Waals surface area contributed by atoms with Gasteiger partial charge in [-0.2, -0.15) is 0 Å². The average Bonchev–Trinajstić information content (AvgIpc) is 2.66. The third kappa shape index (κ3) is 6.09. The van der Waals surface area contributed by atoms with Crippen LogP contribution >= 0.6 is 0 Å². The molecule has 1 aromatic carbocycles. The monoisotopic (exact) mass is 359 g/mol. The van der Waals surface area contributed by atoms with Crippen LogP contribution in [0.3, 0.4) is 0 Å². The van der Waals surface area contributed by atoms with Gasteiger partial charge >= 0.3 is 19.5 Å². The summed E-state index contributed by atoms with van der Waals surface area (Å²) in [6.45, 7) is 2.31. The Morgan fingerprint density at radius 3 is 2.73 bits per heavy atom. The van der Waals surface area contributed by atoms with Crippen LogP contribution in [0, 0.1) is 11.3 Å². The fraction of sp³-hybridized carbons (Fsp3) is 0.500. The molecule has 2 rings (SSSR count). The van der Waals surface area contributed by atoms with Crippen LogP contribution in [0.4, 0.5) is 4.79 Å². The van der Waals surface area contributed by atoms with Gasteiger partial charge < -0.3 is 19.4 Å². The van der Waals surface area contributed by atoms with Gasteiger partial charge in [-0.1, -0.05) is 30.3 Å². The van der Waals surface area contributed by atoms with Crippen molar-refractivity contribution in [1.82, 2.24) is 5.32 Å². The molecule has 139 valence electrons. The number of hydrogen-bond donors (Lipinski definition) is 2. The van der Waals surface area contributed by atoms with Gasteiger partial charge in [-0.25, -0.2) is 4.79 Å². The minimum atomic E-state index is -0.512. The van der Waals surface area contributed by atoms with E-state index < -0.39 is 6.09 Å². The molecule has 26 heavy (non-hydrogen) atoms.